The Bertz CT molecular complexity index is 1900. The number of anilines is 1. The summed E-state index contributed by atoms with van der Waals surface area (Å²) in [6, 6.07) is 7.79. The molecule has 1 aliphatic heterocycles. The first-order valence-corrected chi connectivity index (χ1v) is 16.1. The Labute approximate surface area is 297 Å². The number of nitrogen functional groups attached to an aromatic ring is 1. The molecule has 0 unspecified atom stereocenters. The number of alkyl halides is 6. The van der Waals surface area contributed by atoms with Gasteiger partial charge >= 0.3 is 18.3 Å². The maximum absolute atomic E-state index is 13.0. The van der Waals surface area contributed by atoms with Gasteiger partial charge in [-0.15, -0.1) is 0 Å². The third-order valence-corrected chi connectivity index (χ3v) is 7.93. The van der Waals surface area contributed by atoms with Gasteiger partial charge in [0.25, 0.3) is 17.6 Å². The molecular weight excluding hydrogens is 722 g/mol. The zero-order chi connectivity index (χ0) is 39.7. The largest absolute Gasteiger partial charge is 0.542 e. The van der Waals surface area contributed by atoms with E-state index < -0.39 is 30.2 Å². The summed E-state index contributed by atoms with van der Waals surface area (Å²) in [6.45, 7) is 9.11. The maximum atomic E-state index is 13.0. The molecule has 2 amide bonds. The lowest BCUT2D eigenvalue weighted by Crippen LogP contribution is -2.43. The van der Waals surface area contributed by atoms with Gasteiger partial charge in [0.15, 0.2) is 28.2 Å². The third kappa shape index (κ3) is 11.2. The molecule has 16 nitrogen and oxygen atoms in total. The van der Waals surface area contributed by atoms with Crippen LogP contribution in [0.2, 0.25) is 0 Å². The summed E-state index contributed by atoms with van der Waals surface area (Å²) >= 11 is 0. The minimum atomic E-state index is -5.19. The highest BCUT2D eigenvalue weighted by atomic mass is 19.4. The molecule has 22 heteroatoms. The molecule has 0 spiro atoms. The average Bonchev–Trinajstić information content (AvgIpc) is 3.67. The molecule has 1 aromatic carbocycles. The average molecular weight is 761 g/mol. The van der Waals surface area contributed by atoms with Crippen LogP contribution in [0.5, 0.6) is 0 Å². The zero-order valence-electron chi connectivity index (χ0n) is 28.5. The number of piperidine rings is 1. The summed E-state index contributed by atoms with van der Waals surface area (Å²) < 4.78 is 67.6. The maximum Gasteiger partial charge on any atom is 0.490 e. The number of H-pyrrole nitrogens is 1. The lowest BCUT2D eigenvalue weighted by atomic mass is 10.1. The molecule has 3 aromatic heterocycles. The Balaban J connectivity index is 0.000000458. The van der Waals surface area contributed by atoms with E-state index in [-0.39, 0.29) is 24.0 Å². The fourth-order valence-corrected chi connectivity index (χ4v) is 5.33. The van der Waals surface area contributed by atoms with Crippen LogP contribution in [0.4, 0.5) is 32.2 Å². The van der Waals surface area contributed by atoms with E-state index in [2.05, 4.69) is 46.5 Å². The van der Waals surface area contributed by atoms with Crippen LogP contribution >= 0.6 is 0 Å². The van der Waals surface area contributed by atoms with E-state index >= 15 is 0 Å². The summed E-state index contributed by atoms with van der Waals surface area (Å²) in [7, 11) is 0. The normalized spacial score (nSPS) is 13.8. The molecule has 1 saturated heterocycles. The van der Waals surface area contributed by atoms with E-state index in [9.17, 15) is 35.9 Å². The second kappa shape index (κ2) is 17.8. The first-order chi connectivity index (χ1) is 24.8. The van der Waals surface area contributed by atoms with Crippen LogP contribution in [-0.2, 0) is 29.2 Å². The van der Waals surface area contributed by atoms with Crippen LogP contribution in [0.25, 0.3) is 22.2 Å². The van der Waals surface area contributed by atoms with Gasteiger partial charge in [-0.05, 0) is 58.0 Å². The summed E-state index contributed by atoms with van der Waals surface area (Å²) in [5.74, 6) is -5.27. The number of imidazole rings is 1. The summed E-state index contributed by atoms with van der Waals surface area (Å²) in [5.41, 5.74) is 15.7. The quantitative estimate of drug-likeness (QED) is 0.103. The number of fused-ring (bicyclic) bond motifs is 2. The summed E-state index contributed by atoms with van der Waals surface area (Å²) in [4.78, 5) is 57.5. The molecule has 5 rings (SSSR count). The number of nitrogens with two attached hydrogens (primary N) is 2. The van der Waals surface area contributed by atoms with Crippen molar-refractivity contribution in [3.8, 4) is 0 Å². The molecule has 0 saturated carbocycles. The second-order valence-electron chi connectivity index (χ2n) is 11.5. The third-order valence-electron chi connectivity index (χ3n) is 7.93. The number of hydrogen-bond donors (Lipinski definition) is 6. The number of halogens is 6. The molecule has 0 bridgehead atoms. The van der Waals surface area contributed by atoms with Crippen molar-refractivity contribution in [1.29, 1.82) is 0 Å². The number of nitrogens with zero attached hydrogens (tertiary/aromatic N) is 5. The van der Waals surface area contributed by atoms with Gasteiger partial charge in [0.1, 0.15) is 18.0 Å². The van der Waals surface area contributed by atoms with Crippen molar-refractivity contribution in [3.63, 3.8) is 0 Å². The van der Waals surface area contributed by atoms with E-state index in [0.29, 0.717) is 42.4 Å². The van der Waals surface area contributed by atoms with Gasteiger partial charge < -0.3 is 47.0 Å². The molecule has 4 heterocycles. The van der Waals surface area contributed by atoms with Crippen molar-refractivity contribution in [2.45, 2.75) is 64.7 Å². The van der Waals surface area contributed by atoms with Gasteiger partial charge in [0, 0.05) is 37.0 Å². The molecule has 1 fully saturated rings. The fourth-order valence-electron chi connectivity index (χ4n) is 5.33. The van der Waals surface area contributed by atoms with Gasteiger partial charge in [-0.25, -0.2) is 23.9 Å². The van der Waals surface area contributed by atoms with E-state index in [1.165, 1.54) is 0 Å². The van der Waals surface area contributed by atoms with Crippen LogP contribution in [0, 0.1) is 0 Å². The Hall–Kier alpha value is -5.51. The molecule has 1 aliphatic rings. The summed E-state index contributed by atoms with van der Waals surface area (Å²) in [5, 5.41) is 21.9. The Morgan fingerprint density at radius 1 is 1.02 bits per heavy atom. The van der Waals surface area contributed by atoms with Gasteiger partial charge in [0.2, 0.25) is 0 Å². The molecule has 0 aliphatic carbocycles. The number of carbonyl (C=O) groups is 4. The van der Waals surface area contributed by atoms with E-state index in [4.69, 9.17) is 31.3 Å². The van der Waals surface area contributed by atoms with Crippen molar-refractivity contribution >= 4 is 51.8 Å². The minimum absolute atomic E-state index is 0.0707. The second-order valence-corrected chi connectivity index (χ2v) is 11.5. The van der Waals surface area contributed by atoms with Crippen molar-refractivity contribution in [2.75, 3.05) is 31.9 Å². The molecule has 0 atom stereocenters. The fraction of sp³-hybridized carbons (Fsp3) is 0.452. The molecular formula is C31H38F6N10O6. The predicted molar refractivity (Wildman–Crippen MR) is 174 cm³/mol. The number of carbonyl (C=O) groups excluding carboxylic acids is 3. The summed E-state index contributed by atoms with van der Waals surface area (Å²) in [6.07, 6.45) is -6.57. The Morgan fingerprint density at radius 3 is 2.19 bits per heavy atom. The molecule has 0 radical (unpaired) electrons. The minimum Gasteiger partial charge on any atom is -0.542 e. The SMILES string of the molecule is CCn1c(CNC(=O)c2nc3cc[nH]c3nc2N)[n+](CC)c2ccc(C(=O)NCCN3CCC(N)CC3)cc21.O=C(O)C(F)(F)F.O=C([O-])C(F)(F)F. The van der Waals surface area contributed by atoms with Gasteiger partial charge in [-0.2, -0.15) is 26.3 Å². The number of hydrogen-bond acceptors (Lipinski definition) is 10. The van der Waals surface area contributed by atoms with Crippen LogP contribution in [0.15, 0.2) is 30.5 Å². The van der Waals surface area contributed by atoms with Crippen molar-refractivity contribution in [3.05, 3.63) is 47.5 Å². The van der Waals surface area contributed by atoms with E-state index in [1.54, 1.807) is 12.3 Å². The lowest BCUT2D eigenvalue weighted by molar-refractivity contribution is -0.676. The Kier molecular flexibility index (Phi) is 14.1. The first kappa shape index (κ1) is 41.9. The van der Waals surface area contributed by atoms with Gasteiger partial charge in [-0.3, -0.25) is 9.59 Å². The number of aryl methyl sites for hydroxylation is 2. The number of benzene rings is 1. The number of amides is 2. The van der Waals surface area contributed by atoms with E-state index in [1.807, 2.05) is 25.1 Å². The number of aromatic amines is 1. The highest BCUT2D eigenvalue weighted by molar-refractivity contribution is 5.98. The number of carboxylic acids is 2. The molecule has 4 aromatic rings. The van der Waals surface area contributed by atoms with Crippen LogP contribution in [-0.4, -0.2) is 97.9 Å². The molecule has 8 N–H and O–H groups in total. The zero-order valence-corrected chi connectivity index (χ0v) is 28.5. The van der Waals surface area contributed by atoms with Gasteiger partial charge in [0.05, 0.1) is 13.1 Å². The van der Waals surface area contributed by atoms with Crippen molar-refractivity contribution < 1.29 is 60.3 Å². The van der Waals surface area contributed by atoms with Crippen molar-refractivity contribution in [2.24, 2.45) is 5.73 Å². The number of rotatable bonds is 9. The highest BCUT2D eigenvalue weighted by Gasteiger charge is 2.38. The van der Waals surface area contributed by atoms with E-state index in [0.717, 1.165) is 49.3 Å². The molecule has 290 valence electrons. The number of likely N-dealkylation sites (tertiary alicyclic amines) is 1. The number of aromatic nitrogens is 5. The predicted octanol–water partition coefficient (Wildman–Crippen LogP) is 0.837. The molecule has 53 heavy (non-hydrogen) atoms. The number of carboxylic acid groups (broad SMARTS) is 2. The standard InChI is InChI=1S/C27H36N10O2.2C2HF3O2/c1-3-36-20-6-5-17(26(38)31-11-14-35-12-8-18(28)9-13-35)15-21(20)37(4-2)22(36)16-32-27(39)23-24(29)34-25-19(33-23)7-10-30-25;2*3-2(4,5)1(6)7/h5-7,10,15,18H,3-4,8-9,11-14,16,28H2,1-2H3,(H4-,29,30,31,32,33,34,38,39);2*(H,6,7). The lowest BCUT2D eigenvalue weighted by Gasteiger charge is -2.29. The smallest absolute Gasteiger partial charge is 0.490 e. The van der Waals surface area contributed by atoms with Crippen LogP contribution in [0.1, 0.15) is 53.4 Å². The van der Waals surface area contributed by atoms with Crippen LogP contribution < -0.4 is 31.8 Å². The monoisotopic (exact) mass is 760 g/mol. The van der Waals surface area contributed by atoms with Crippen LogP contribution in [0.3, 0.4) is 0 Å². The number of aliphatic carboxylic acids is 2. The first-order valence-electron chi connectivity index (χ1n) is 16.1. The highest BCUT2D eigenvalue weighted by Crippen LogP contribution is 2.19. The Morgan fingerprint density at radius 2 is 1.64 bits per heavy atom. The van der Waals surface area contributed by atoms with Gasteiger partial charge in [-0.1, -0.05) is 0 Å². The van der Waals surface area contributed by atoms with Crippen molar-refractivity contribution in [1.82, 2.24) is 35.1 Å². The topological polar surface area (TPSA) is 241 Å². The number of nitrogens with one attached hydrogen (secondary N) is 3.